The summed E-state index contributed by atoms with van der Waals surface area (Å²) in [6.45, 7) is 0.434. The van der Waals surface area contributed by atoms with Crippen LogP contribution in [0.4, 0.5) is 5.69 Å². The highest BCUT2D eigenvalue weighted by molar-refractivity contribution is 7.98. The molecule has 0 saturated heterocycles. The van der Waals surface area contributed by atoms with E-state index in [1.807, 2.05) is 30.5 Å². The molecule has 0 fully saturated rings. The second kappa shape index (κ2) is 7.95. The minimum Gasteiger partial charge on any atom is -0.493 e. The largest absolute Gasteiger partial charge is 0.493 e. The Morgan fingerprint density at radius 2 is 1.88 bits per heavy atom. The van der Waals surface area contributed by atoms with Crippen LogP contribution in [0.3, 0.4) is 0 Å². The van der Waals surface area contributed by atoms with Crippen molar-refractivity contribution in [2.24, 2.45) is 4.99 Å². The van der Waals surface area contributed by atoms with E-state index in [4.69, 9.17) is 23.2 Å². The summed E-state index contributed by atoms with van der Waals surface area (Å²) < 4.78 is 1.72. The molecule has 3 aromatic rings. The van der Waals surface area contributed by atoms with E-state index in [1.165, 1.54) is 11.8 Å². The molecule has 25 heavy (non-hydrogen) atoms. The van der Waals surface area contributed by atoms with Crippen molar-refractivity contribution in [2.75, 3.05) is 6.26 Å². The molecule has 0 bridgehead atoms. The van der Waals surface area contributed by atoms with Gasteiger partial charge >= 0.3 is 0 Å². The first-order valence-electron chi connectivity index (χ1n) is 7.45. The van der Waals surface area contributed by atoms with E-state index < -0.39 is 0 Å². The van der Waals surface area contributed by atoms with Gasteiger partial charge in [-0.3, -0.25) is 9.56 Å². The number of imidazole rings is 1. The lowest BCUT2D eigenvalue weighted by molar-refractivity contribution is 0.415. The number of benzene rings is 2. The molecule has 0 spiro atoms. The Balaban J connectivity index is 1.90. The molecular formula is C18H15Cl2N3OS. The minimum absolute atomic E-state index is 0.0574. The van der Waals surface area contributed by atoms with Gasteiger partial charge in [-0.25, -0.2) is 4.98 Å². The van der Waals surface area contributed by atoms with E-state index in [0.29, 0.717) is 27.4 Å². The van der Waals surface area contributed by atoms with Crippen molar-refractivity contribution in [3.05, 3.63) is 69.8 Å². The number of thioether (sulfide) groups is 1. The van der Waals surface area contributed by atoms with Gasteiger partial charge < -0.3 is 5.11 Å². The first-order valence-corrected chi connectivity index (χ1v) is 9.43. The Morgan fingerprint density at radius 1 is 1.16 bits per heavy atom. The molecule has 0 saturated carbocycles. The number of hydrogen-bond donors (Lipinski definition) is 1. The fourth-order valence-electron chi connectivity index (χ4n) is 2.29. The number of aliphatic imine (C=N–C) groups is 1. The molecule has 1 aromatic heterocycles. The highest BCUT2D eigenvalue weighted by Gasteiger charge is 2.16. The fraction of sp³-hybridized carbons (Fsp3) is 0.111. The van der Waals surface area contributed by atoms with Gasteiger partial charge in [-0.15, -0.1) is 0 Å². The second-order valence-electron chi connectivity index (χ2n) is 5.22. The Bertz CT molecular complexity index is 907. The van der Waals surface area contributed by atoms with E-state index in [2.05, 4.69) is 9.98 Å². The maximum absolute atomic E-state index is 10.5. The molecule has 0 radical (unpaired) electrons. The van der Waals surface area contributed by atoms with Crippen LogP contribution < -0.4 is 0 Å². The molecule has 0 aliphatic rings. The molecule has 0 unspecified atom stereocenters. The van der Waals surface area contributed by atoms with E-state index in [0.717, 1.165) is 11.3 Å². The average Bonchev–Trinajstić information content (AvgIpc) is 2.92. The smallest absolute Gasteiger partial charge is 0.221 e. The van der Waals surface area contributed by atoms with Crippen molar-refractivity contribution in [1.29, 1.82) is 0 Å². The summed E-state index contributed by atoms with van der Waals surface area (Å²) in [5.74, 6) is 0.0574. The van der Waals surface area contributed by atoms with Gasteiger partial charge in [0.25, 0.3) is 0 Å². The zero-order valence-electron chi connectivity index (χ0n) is 13.4. The predicted octanol–water partition coefficient (Wildman–Crippen LogP) is 5.42. The summed E-state index contributed by atoms with van der Waals surface area (Å²) >= 11 is 13.5. The third-order valence-corrected chi connectivity index (χ3v) is 4.86. The summed E-state index contributed by atoms with van der Waals surface area (Å²) in [5, 5.41) is 12.5. The molecule has 1 heterocycles. The number of rotatable bonds is 5. The van der Waals surface area contributed by atoms with Crippen LogP contribution in [-0.4, -0.2) is 27.1 Å². The van der Waals surface area contributed by atoms with E-state index in [9.17, 15) is 5.11 Å². The number of aromatic hydroxyl groups is 1. The van der Waals surface area contributed by atoms with E-state index in [1.54, 1.807) is 35.0 Å². The lowest BCUT2D eigenvalue weighted by atomic mass is 10.2. The lowest BCUT2D eigenvalue weighted by Crippen LogP contribution is -2.01. The Kier molecular flexibility index (Phi) is 5.68. The summed E-state index contributed by atoms with van der Waals surface area (Å²) in [6.07, 6.45) is 3.45. The molecule has 7 heteroatoms. The minimum atomic E-state index is 0.0574. The summed E-state index contributed by atoms with van der Waals surface area (Å²) in [7, 11) is 0. The van der Waals surface area contributed by atoms with Gasteiger partial charge in [-0.05, 0) is 42.2 Å². The van der Waals surface area contributed by atoms with Crippen LogP contribution in [0.25, 0.3) is 0 Å². The third kappa shape index (κ3) is 4.18. The SMILES string of the molecule is CSc1nc(C=Nc2ccc(Cl)cc2)c(O)n1Cc1ccccc1Cl. The topological polar surface area (TPSA) is 50.4 Å². The van der Waals surface area contributed by atoms with Gasteiger partial charge in [0, 0.05) is 10.0 Å². The molecule has 0 atom stereocenters. The fourth-order valence-corrected chi connectivity index (χ4v) is 3.17. The molecule has 0 aliphatic heterocycles. The van der Waals surface area contributed by atoms with Gasteiger partial charge in [-0.2, -0.15) is 0 Å². The monoisotopic (exact) mass is 391 g/mol. The average molecular weight is 392 g/mol. The molecule has 0 aliphatic carbocycles. The Hall–Kier alpha value is -1.95. The van der Waals surface area contributed by atoms with Gasteiger partial charge in [0.1, 0.15) is 5.69 Å². The van der Waals surface area contributed by atoms with Crippen molar-refractivity contribution in [2.45, 2.75) is 11.7 Å². The standard InChI is InChI=1S/C18H15Cl2N3OS/c1-25-18-22-16(10-21-14-8-6-13(19)7-9-14)17(24)23(18)11-12-4-2-3-5-15(12)20/h2-10,24H,11H2,1H3. The first kappa shape index (κ1) is 17.9. The van der Waals surface area contributed by atoms with Crippen molar-refractivity contribution < 1.29 is 5.11 Å². The van der Waals surface area contributed by atoms with Crippen LogP contribution in [-0.2, 0) is 6.54 Å². The van der Waals surface area contributed by atoms with Crippen LogP contribution in [0, 0.1) is 0 Å². The maximum atomic E-state index is 10.5. The number of aromatic nitrogens is 2. The van der Waals surface area contributed by atoms with Crippen molar-refractivity contribution in [3.8, 4) is 5.88 Å². The van der Waals surface area contributed by atoms with Gasteiger partial charge in [-0.1, -0.05) is 53.2 Å². The molecule has 3 rings (SSSR count). The van der Waals surface area contributed by atoms with Crippen LogP contribution >= 0.6 is 35.0 Å². The van der Waals surface area contributed by atoms with Crippen LogP contribution in [0.15, 0.2) is 58.7 Å². The van der Waals surface area contributed by atoms with E-state index in [-0.39, 0.29) is 5.88 Å². The zero-order valence-corrected chi connectivity index (χ0v) is 15.7. The number of hydrogen-bond acceptors (Lipinski definition) is 4. The zero-order chi connectivity index (χ0) is 17.8. The molecule has 2 aromatic carbocycles. The Morgan fingerprint density at radius 3 is 2.56 bits per heavy atom. The van der Waals surface area contributed by atoms with Crippen molar-refractivity contribution in [3.63, 3.8) is 0 Å². The number of halogens is 2. The Labute approximate surface area is 160 Å². The summed E-state index contributed by atoms with van der Waals surface area (Å²) in [6, 6.07) is 14.7. The van der Waals surface area contributed by atoms with Crippen LogP contribution in [0.1, 0.15) is 11.3 Å². The van der Waals surface area contributed by atoms with Gasteiger partial charge in [0.15, 0.2) is 5.16 Å². The summed E-state index contributed by atoms with van der Waals surface area (Å²) in [4.78, 5) is 8.78. The summed E-state index contributed by atoms with van der Waals surface area (Å²) in [5.41, 5.74) is 2.05. The predicted molar refractivity (Wildman–Crippen MR) is 105 cm³/mol. The third-order valence-electron chi connectivity index (χ3n) is 3.56. The maximum Gasteiger partial charge on any atom is 0.221 e. The van der Waals surface area contributed by atoms with E-state index >= 15 is 0 Å². The molecule has 1 N–H and O–H groups in total. The normalized spacial score (nSPS) is 11.3. The van der Waals surface area contributed by atoms with Crippen molar-refractivity contribution >= 4 is 46.9 Å². The van der Waals surface area contributed by atoms with Crippen LogP contribution in [0.5, 0.6) is 5.88 Å². The highest BCUT2D eigenvalue weighted by Crippen LogP contribution is 2.27. The second-order valence-corrected chi connectivity index (χ2v) is 6.84. The van der Waals surface area contributed by atoms with Gasteiger partial charge in [0.2, 0.25) is 5.88 Å². The quantitative estimate of drug-likeness (QED) is 0.466. The molecule has 0 amide bonds. The first-order chi connectivity index (χ1) is 12.1. The van der Waals surface area contributed by atoms with Gasteiger partial charge in [0.05, 0.1) is 18.4 Å². The molecule has 128 valence electrons. The van der Waals surface area contributed by atoms with Crippen LogP contribution in [0.2, 0.25) is 10.0 Å². The molecular weight excluding hydrogens is 377 g/mol. The van der Waals surface area contributed by atoms with Crippen molar-refractivity contribution in [1.82, 2.24) is 9.55 Å². The number of nitrogens with zero attached hydrogens (tertiary/aromatic N) is 3. The molecule has 4 nitrogen and oxygen atoms in total. The highest BCUT2D eigenvalue weighted by atomic mass is 35.5. The lowest BCUT2D eigenvalue weighted by Gasteiger charge is -2.08.